The van der Waals surface area contributed by atoms with Crippen molar-refractivity contribution in [1.29, 1.82) is 0 Å². The SMILES string of the molecule is CC.Cc1ccccc1NCC1=CCN(C(=O)OC(C)(C)C)CC1. The van der Waals surface area contributed by atoms with E-state index in [1.807, 2.05) is 46.8 Å². The topological polar surface area (TPSA) is 41.6 Å². The van der Waals surface area contributed by atoms with E-state index in [1.54, 1.807) is 4.90 Å². The molecule has 0 bridgehead atoms. The van der Waals surface area contributed by atoms with Crippen LogP contribution in [0, 0.1) is 6.92 Å². The minimum absolute atomic E-state index is 0.227. The number of ether oxygens (including phenoxy) is 1. The van der Waals surface area contributed by atoms with Crippen LogP contribution in [0.5, 0.6) is 0 Å². The molecule has 0 saturated heterocycles. The number of amides is 1. The number of carbonyl (C=O) groups excluding carboxylic acids is 1. The van der Waals surface area contributed by atoms with Gasteiger partial charge in [0.25, 0.3) is 0 Å². The van der Waals surface area contributed by atoms with Gasteiger partial charge in [0.1, 0.15) is 5.60 Å². The van der Waals surface area contributed by atoms with Gasteiger partial charge in [0, 0.05) is 25.3 Å². The highest BCUT2D eigenvalue weighted by Gasteiger charge is 2.23. The molecule has 0 saturated carbocycles. The molecule has 1 heterocycles. The number of nitrogens with zero attached hydrogens (tertiary/aromatic N) is 1. The van der Waals surface area contributed by atoms with Gasteiger partial charge in [-0.25, -0.2) is 4.79 Å². The number of hydrogen-bond donors (Lipinski definition) is 1. The van der Waals surface area contributed by atoms with Crippen molar-refractivity contribution in [3.8, 4) is 0 Å². The zero-order valence-electron chi connectivity index (χ0n) is 16.0. The Hall–Kier alpha value is -1.97. The minimum atomic E-state index is -0.437. The van der Waals surface area contributed by atoms with Gasteiger partial charge in [0.2, 0.25) is 0 Å². The van der Waals surface area contributed by atoms with Gasteiger partial charge in [-0.3, -0.25) is 0 Å². The largest absolute Gasteiger partial charge is 0.444 e. The third-order valence-corrected chi connectivity index (χ3v) is 3.61. The second kappa shape index (κ2) is 9.36. The summed E-state index contributed by atoms with van der Waals surface area (Å²) in [5.74, 6) is 0. The number of benzene rings is 1. The standard InChI is InChI=1S/C18H26N2O2.C2H6/c1-14-7-5-6-8-16(14)19-13-15-9-11-20(12-10-15)17(21)22-18(2,3)4;1-2/h5-9,19H,10-13H2,1-4H3;1-2H3. The quantitative estimate of drug-likeness (QED) is 0.792. The molecule has 1 aromatic carbocycles. The average Bonchev–Trinajstić information content (AvgIpc) is 2.55. The molecule has 1 N–H and O–H groups in total. The maximum Gasteiger partial charge on any atom is 0.410 e. The Morgan fingerprint density at radius 2 is 1.92 bits per heavy atom. The Morgan fingerprint density at radius 3 is 2.46 bits per heavy atom. The van der Waals surface area contributed by atoms with E-state index in [0.717, 1.165) is 25.2 Å². The van der Waals surface area contributed by atoms with Crippen LogP contribution in [0.1, 0.15) is 46.6 Å². The lowest BCUT2D eigenvalue weighted by molar-refractivity contribution is 0.0266. The summed E-state index contributed by atoms with van der Waals surface area (Å²) in [5, 5.41) is 3.46. The van der Waals surface area contributed by atoms with E-state index in [4.69, 9.17) is 4.74 Å². The number of para-hydroxylation sites is 1. The molecule has 1 aliphatic rings. The van der Waals surface area contributed by atoms with E-state index < -0.39 is 5.60 Å². The van der Waals surface area contributed by atoms with Gasteiger partial charge >= 0.3 is 6.09 Å². The zero-order chi connectivity index (χ0) is 18.2. The molecule has 1 amide bonds. The highest BCUT2D eigenvalue weighted by Crippen LogP contribution is 2.18. The molecule has 0 spiro atoms. The van der Waals surface area contributed by atoms with E-state index in [9.17, 15) is 4.79 Å². The predicted octanol–water partition coefficient (Wildman–Crippen LogP) is 5.00. The van der Waals surface area contributed by atoms with Gasteiger partial charge in [-0.1, -0.05) is 43.7 Å². The van der Waals surface area contributed by atoms with Crippen molar-refractivity contribution in [2.24, 2.45) is 0 Å². The molecule has 0 fully saturated rings. The fourth-order valence-electron chi connectivity index (χ4n) is 2.34. The summed E-state index contributed by atoms with van der Waals surface area (Å²) < 4.78 is 5.40. The molecule has 0 radical (unpaired) electrons. The van der Waals surface area contributed by atoms with Gasteiger partial charge in [0.15, 0.2) is 0 Å². The first-order chi connectivity index (χ1) is 11.3. The van der Waals surface area contributed by atoms with Crippen LogP contribution in [0.15, 0.2) is 35.9 Å². The van der Waals surface area contributed by atoms with Crippen molar-refractivity contribution in [2.45, 2.75) is 53.6 Å². The lowest BCUT2D eigenvalue weighted by Gasteiger charge is -2.29. The number of carbonyl (C=O) groups is 1. The second-order valence-corrected chi connectivity index (χ2v) is 6.71. The number of aryl methyl sites for hydroxylation is 1. The molecule has 24 heavy (non-hydrogen) atoms. The maximum atomic E-state index is 12.0. The van der Waals surface area contributed by atoms with Gasteiger partial charge in [-0.05, 0) is 45.7 Å². The molecular weight excluding hydrogens is 300 g/mol. The summed E-state index contributed by atoms with van der Waals surface area (Å²) >= 11 is 0. The van der Waals surface area contributed by atoms with Gasteiger partial charge in [-0.2, -0.15) is 0 Å². The smallest absolute Gasteiger partial charge is 0.410 e. The molecule has 0 unspecified atom stereocenters. The Balaban J connectivity index is 0.00000139. The summed E-state index contributed by atoms with van der Waals surface area (Å²) in [5.41, 5.74) is 3.31. The summed E-state index contributed by atoms with van der Waals surface area (Å²) in [7, 11) is 0. The van der Waals surface area contributed by atoms with E-state index in [1.165, 1.54) is 11.1 Å². The first-order valence-electron chi connectivity index (χ1n) is 8.80. The predicted molar refractivity (Wildman–Crippen MR) is 102 cm³/mol. The molecule has 134 valence electrons. The van der Waals surface area contributed by atoms with Crippen LogP contribution in [-0.4, -0.2) is 36.2 Å². The normalized spacial score (nSPS) is 14.2. The van der Waals surface area contributed by atoms with Crippen LogP contribution in [0.3, 0.4) is 0 Å². The average molecular weight is 332 g/mol. The molecule has 1 aromatic rings. The van der Waals surface area contributed by atoms with Crippen molar-refractivity contribution in [3.05, 3.63) is 41.5 Å². The van der Waals surface area contributed by atoms with Gasteiger partial charge < -0.3 is 15.0 Å². The second-order valence-electron chi connectivity index (χ2n) is 6.71. The minimum Gasteiger partial charge on any atom is -0.444 e. The number of hydrogen-bond acceptors (Lipinski definition) is 3. The van der Waals surface area contributed by atoms with Crippen LogP contribution in [0.25, 0.3) is 0 Å². The summed E-state index contributed by atoms with van der Waals surface area (Å²) in [6.45, 7) is 13.9. The number of anilines is 1. The lowest BCUT2D eigenvalue weighted by atomic mass is 10.1. The van der Waals surface area contributed by atoms with E-state index in [2.05, 4.69) is 30.4 Å². The third kappa shape index (κ3) is 6.65. The molecule has 0 aromatic heterocycles. The molecule has 0 atom stereocenters. The molecule has 4 heteroatoms. The molecule has 2 rings (SSSR count). The Labute approximate surface area is 146 Å². The fourth-order valence-corrected chi connectivity index (χ4v) is 2.34. The zero-order valence-corrected chi connectivity index (χ0v) is 16.0. The molecule has 0 aliphatic carbocycles. The summed E-state index contributed by atoms with van der Waals surface area (Å²) in [6, 6.07) is 8.27. The van der Waals surface area contributed by atoms with Crippen molar-refractivity contribution >= 4 is 11.8 Å². The Morgan fingerprint density at radius 1 is 1.25 bits per heavy atom. The van der Waals surface area contributed by atoms with Gasteiger partial charge in [-0.15, -0.1) is 0 Å². The first kappa shape index (κ1) is 20.1. The van der Waals surface area contributed by atoms with Crippen LogP contribution in [-0.2, 0) is 4.74 Å². The molecular formula is C20H32N2O2. The van der Waals surface area contributed by atoms with Crippen LogP contribution >= 0.6 is 0 Å². The fraction of sp³-hybridized carbons (Fsp3) is 0.550. The van der Waals surface area contributed by atoms with Crippen molar-refractivity contribution in [1.82, 2.24) is 4.90 Å². The van der Waals surface area contributed by atoms with E-state index in [-0.39, 0.29) is 6.09 Å². The maximum absolute atomic E-state index is 12.0. The molecule has 4 nitrogen and oxygen atoms in total. The highest BCUT2D eigenvalue weighted by atomic mass is 16.6. The third-order valence-electron chi connectivity index (χ3n) is 3.61. The van der Waals surface area contributed by atoms with Gasteiger partial charge in [0.05, 0.1) is 0 Å². The van der Waals surface area contributed by atoms with Crippen molar-refractivity contribution in [3.63, 3.8) is 0 Å². The lowest BCUT2D eigenvalue weighted by Crippen LogP contribution is -2.39. The highest BCUT2D eigenvalue weighted by molar-refractivity contribution is 5.68. The van der Waals surface area contributed by atoms with E-state index >= 15 is 0 Å². The Kier molecular flexibility index (Phi) is 7.83. The Bertz CT molecular complexity index is 559. The molecule has 1 aliphatic heterocycles. The summed E-state index contributed by atoms with van der Waals surface area (Å²) in [4.78, 5) is 13.8. The van der Waals surface area contributed by atoms with Crippen molar-refractivity contribution < 1.29 is 9.53 Å². The van der Waals surface area contributed by atoms with Crippen LogP contribution in [0.2, 0.25) is 0 Å². The monoisotopic (exact) mass is 332 g/mol. The van der Waals surface area contributed by atoms with Crippen LogP contribution < -0.4 is 5.32 Å². The number of nitrogens with one attached hydrogen (secondary N) is 1. The first-order valence-corrected chi connectivity index (χ1v) is 8.80. The summed E-state index contributed by atoms with van der Waals surface area (Å²) in [6.07, 6.45) is 2.78. The van der Waals surface area contributed by atoms with Crippen molar-refractivity contribution in [2.75, 3.05) is 25.0 Å². The van der Waals surface area contributed by atoms with E-state index in [0.29, 0.717) is 6.54 Å². The van der Waals surface area contributed by atoms with Crippen LogP contribution in [0.4, 0.5) is 10.5 Å². The number of rotatable bonds is 3.